The molecule has 186 valence electrons. The number of Topliss-reactive ketones (excluding diaryl/α,β-unsaturated/α-hetero) is 1. The first-order valence-corrected chi connectivity index (χ1v) is 11.9. The number of hydrogen-bond acceptors (Lipinski definition) is 6. The highest BCUT2D eigenvalue weighted by Gasteiger charge is 2.13. The van der Waals surface area contributed by atoms with Crippen molar-refractivity contribution in [2.24, 2.45) is 0 Å². The summed E-state index contributed by atoms with van der Waals surface area (Å²) in [6, 6.07) is 28.3. The Labute approximate surface area is 215 Å². The first-order chi connectivity index (χ1) is 17.9. The summed E-state index contributed by atoms with van der Waals surface area (Å²) in [5, 5.41) is 3.33. The highest BCUT2D eigenvalue weighted by Crippen LogP contribution is 2.16. The van der Waals surface area contributed by atoms with Gasteiger partial charge in [-0.15, -0.1) is 0 Å². The van der Waals surface area contributed by atoms with E-state index in [1.165, 1.54) is 29.8 Å². The van der Waals surface area contributed by atoms with Crippen molar-refractivity contribution in [1.29, 1.82) is 0 Å². The Kier molecular flexibility index (Phi) is 8.11. The van der Waals surface area contributed by atoms with Crippen molar-refractivity contribution in [2.75, 3.05) is 11.9 Å². The number of hydrogen-bond donors (Lipinski definition) is 1. The molecule has 37 heavy (non-hydrogen) atoms. The van der Waals surface area contributed by atoms with E-state index in [0.717, 1.165) is 16.8 Å². The number of carbonyl (C=O) groups excluding carboxylic acids is 3. The molecule has 0 heterocycles. The van der Waals surface area contributed by atoms with Crippen molar-refractivity contribution in [3.05, 3.63) is 130 Å². The molecule has 0 saturated heterocycles. The van der Waals surface area contributed by atoms with E-state index in [1.807, 2.05) is 62.4 Å². The van der Waals surface area contributed by atoms with Gasteiger partial charge in [-0.2, -0.15) is 0 Å². The van der Waals surface area contributed by atoms with Crippen LogP contribution in [-0.2, 0) is 11.3 Å². The van der Waals surface area contributed by atoms with Gasteiger partial charge in [-0.05, 0) is 80.1 Å². The average Bonchev–Trinajstić information content (AvgIpc) is 2.92. The summed E-state index contributed by atoms with van der Waals surface area (Å²) < 4.78 is 10.5. The van der Waals surface area contributed by atoms with Gasteiger partial charge in [0.25, 0.3) is 0 Å². The quantitative estimate of drug-likeness (QED) is 0.170. The van der Waals surface area contributed by atoms with Gasteiger partial charge in [0.1, 0.15) is 5.75 Å². The SMILES string of the molecule is Cc1ccc(NCc2ccc(C(=O)OCC(=O)c3ccc(OC(=O)c4ccc(C)cc4)cc3)cc2)cc1. The number of aryl methyl sites for hydroxylation is 2. The van der Waals surface area contributed by atoms with E-state index < -0.39 is 18.5 Å². The largest absolute Gasteiger partial charge is 0.454 e. The second kappa shape index (κ2) is 11.8. The summed E-state index contributed by atoms with van der Waals surface area (Å²) in [7, 11) is 0. The molecule has 0 atom stereocenters. The number of anilines is 1. The molecule has 0 fully saturated rings. The predicted octanol–water partition coefficient (Wildman–Crippen LogP) is 6.17. The first-order valence-electron chi connectivity index (χ1n) is 11.9. The Bertz CT molecular complexity index is 1370. The fourth-order valence-corrected chi connectivity index (χ4v) is 3.50. The molecule has 0 bridgehead atoms. The van der Waals surface area contributed by atoms with E-state index in [9.17, 15) is 14.4 Å². The van der Waals surface area contributed by atoms with Crippen LogP contribution in [-0.4, -0.2) is 24.3 Å². The standard InChI is InChI=1S/C31H27NO5/c1-21-3-9-26(10-4-21)31(35)37-28-17-13-24(14-18-28)29(33)20-36-30(34)25-11-7-23(8-12-25)19-32-27-15-5-22(2)6-16-27/h3-18,32H,19-20H2,1-2H3. The minimum absolute atomic E-state index is 0.316. The zero-order valence-corrected chi connectivity index (χ0v) is 20.7. The lowest BCUT2D eigenvalue weighted by Crippen LogP contribution is -2.14. The van der Waals surface area contributed by atoms with E-state index >= 15 is 0 Å². The highest BCUT2D eigenvalue weighted by molar-refractivity contribution is 5.99. The van der Waals surface area contributed by atoms with Crippen LogP contribution in [0.3, 0.4) is 0 Å². The summed E-state index contributed by atoms with van der Waals surface area (Å²) >= 11 is 0. The zero-order valence-electron chi connectivity index (χ0n) is 20.7. The van der Waals surface area contributed by atoms with Crippen molar-refractivity contribution in [2.45, 2.75) is 20.4 Å². The molecule has 4 rings (SSSR count). The summed E-state index contributed by atoms with van der Waals surface area (Å²) in [5.74, 6) is -1.10. The number of rotatable bonds is 9. The molecule has 0 aliphatic rings. The monoisotopic (exact) mass is 493 g/mol. The van der Waals surface area contributed by atoms with Crippen LogP contribution in [0, 0.1) is 13.8 Å². The minimum Gasteiger partial charge on any atom is -0.454 e. The number of benzene rings is 4. The Balaban J connectivity index is 1.25. The molecular formula is C31H27NO5. The van der Waals surface area contributed by atoms with Crippen molar-refractivity contribution < 1.29 is 23.9 Å². The molecular weight excluding hydrogens is 466 g/mol. The lowest BCUT2D eigenvalue weighted by molar-refractivity contribution is 0.0474. The molecule has 0 radical (unpaired) electrons. The van der Waals surface area contributed by atoms with Crippen LogP contribution < -0.4 is 10.1 Å². The second-order valence-corrected chi connectivity index (χ2v) is 8.70. The van der Waals surface area contributed by atoms with E-state index in [2.05, 4.69) is 5.32 Å². The van der Waals surface area contributed by atoms with Crippen molar-refractivity contribution in [1.82, 2.24) is 0 Å². The van der Waals surface area contributed by atoms with E-state index in [0.29, 0.717) is 29.0 Å². The minimum atomic E-state index is -0.574. The summed E-state index contributed by atoms with van der Waals surface area (Å²) in [4.78, 5) is 37.1. The van der Waals surface area contributed by atoms with Gasteiger partial charge in [-0.3, -0.25) is 4.79 Å². The molecule has 6 heteroatoms. The number of carbonyl (C=O) groups is 3. The molecule has 6 nitrogen and oxygen atoms in total. The highest BCUT2D eigenvalue weighted by atomic mass is 16.5. The lowest BCUT2D eigenvalue weighted by atomic mass is 10.1. The smallest absolute Gasteiger partial charge is 0.343 e. The van der Waals surface area contributed by atoms with E-state index in [-0.39, 0.29) is 5.78 Å². The number of nitrogens with one attached hydrogen (secondary N) is 1. The van der Waals surface area contributed by atoms with Gasteiger partial charge in [0, 0.05) is 17.8 Å². The molecule has 0 aliphatic carbocycles. The Hall–Kier alpha value is -4.71. The van der Waals surface area contributed by atoms with Crippen molar-refractivity contribution in [3.63, 3.8) is 0 Å². The molecule has 0 unspecified atom stereocenters. The van der Waals surface area contributed by atoms with Gasteiger partial charge in [-0.1, -0.05) is 47.5 Å². The van der Waals surface area contributed by atoms with Crippen LogP contribution >= 0.6 is 0 Å². The van der Waals surface area contributed by atoms with Gasteiger partial charge in [0.2, 0.25) is 0 Å². The van der Waals surface area contributed by atoms with Crippen molar-refractivity contribution in [3.8, 4) is 5.75 Å². The average molecular weight is 494 g/mol. The second-order valence-electron chi connectivity index (χ2n) is 8.70. The molecule has 0 spiro atoms. The van der Waals surface area contributed by atoms with E-state index in [1.54, 1.807) is 24.3 Å². The molecule has 4 aromatic carbocycles. The third kappa shape index (κ3) is 7.15. The molecule has 0 aliphatic heterocycles. The van der Waals surface area contributed by atoms with Crippen LogP contribution in [0.2, 0.25) is 0 Å². The van der Waals surface area contributed by atoms with Gasteiger partial charge < -0.3 is 14.8 Å². The zero-order chi connectivity index (χ0) is 26.2. The fourth-order valence-electron chi connectivity index (χ4n) is 3.50. The van der Waals surface area contributed by atoms with Gasteiger partial charge in [-0.25, -0.2) is 9.59 Å². The Morgan fingerprint density at radius 1 is 0.622 bits per heavy atom. The topological polar surface area (TPSA) is 81.7 Å². The van der Waals surface area contributed by atoms with Crippen molar-refractivity contribution >= 4 is 23.4 Å². The normalized spacial score (nSPS) is 10.4. The van der Waals surface area contributed by atoms with Crippen LogP contribution in [0.5, 0.6) is 5.75 Å². The third-order valence-corrected chi connectivity index (χ3v) is 5.75. The van der Waals surface area contributed by atoms with E-state index in [4.69, 9.17) is 9.47 Å². The van der Waals surface area contributed by atoms with Crippen LogP contribution in [0.4, 0.5) is 5.69 Å². The third-order valence-electron chi connectivity index (χ3n) is 5.75. The maximum absolute atomic E-state index is 12.5. The van der Waals surface area contributed by atoms with Crippen LogP contribution in [0.25, 0.3) is 0 Å². The fraction of sp³-hybridized carbons (Fsp3) is 0.129. The number of esters is 2. The number of ketones is 1. The lowest BCUT2D eigenvalue weighted by Gasteiger charge is -2.08. The summed E-state index contributed by atoms with van der Waals surface area (Å²) in [6.45, 7) is 4.20. The van der Waals surface area contributed by atoms with Gasteiger partial charge in [0.05, 0.1) is 11.1 Å². The molecule has 4 aromatic rings. The van der Waals surface area contributed by atoms with Gasteiger partial charge >= 0.3 is 11.9 Å². The molecule has 0 aromatic heterocycles. The Morgan fingerprint density at radius 3 is 1.76 bits per heavy atom. The molecule has 0 amide bonds. The predicted molar refractivity (Wildman–Crippen MR) is 142 cm³/mol. The summed E-state index contributed by atoms with van der Waals surface area (Å²) in [6.07, 6.45) is 0. The maximum atomic E-state index is 12.5. The van der Waals surface area contributed by atoms with Crippen LogP contribution in [0.15, 0.2) is 97.1 Å². The molecule has 0 saturated carbocycles. The van der Waals surface area contributed by atoms with Crippen LogP contribution in [0.1, 0.15) is 47.8 Å². The Morgan fingerprint density at radius 2 is 1.14 bits per heavy atom. The van der Waals surface area contributed by atoms with Gasteiger partial charge in [0.15, 0.2) is 12.4 Å². The molecule has 1 N–H and O–H groups in total. The first kappa shape index (κ1) is 25.4. The maximum Gasteiger partial charge on any atom is 0.343 e. The number of ether oxygens (including phenoxy) is 2. The summed E-state index contributed by atoms with van der Waals surface area (Å²) in [5.41, 5.74) is 5.42.